The lowest BCUT2D eigenvalue weighted by Crippen LogP contribution is -2.41. The summed E-state index contributed by atoms with van der Waals surface area (Å²) in [4.78, 5) is 23.5. The first-order valence-electron chi connectivity index (χ1n) is 7.51. The molecule has 0 heterocycles. The maximum Gasteiger partial charge on any atom is 0.313 e. The normalized spacial score (nSPS) is 21.2. The van der Waals surface area contributed by atoms with Crippen LogP contribution in [0.2, 0.25) is 0 Å². The Bertz CT molecular complexity index is 562. The second kappa shape index (κ2) is 7.35. The number of hydrogen-bond donors (Lipinski definition) is 3. The van der Waals surface area contributed by atoms with Crippen LogP contribution in [0.1, 0.15) is 31.2 Å². The van der Waals surface area contributed by atoms with Crippen LogP contribution in [0.15, 0.2) is 18.2 Å². The summed E-state index contributed by atoms with van der Waals surface area (Å²) in [6, 6.07) is 4.24. The van der Waals surface area contributed by atoms with Crippen LogP contribution in [-0.2, 0) is 9.59 Å². The molecule has 0 unspecified atom stereocenters. The highest BCUT2D eigenvalue weighted by atomic mass is 19.1. The monoisotopic (exact) mass is 308 g/mol. The van der Waals surface area contributed by atoms with Crippen molar-refractivity contribution in [2.24, 2.45) is 5.92 Å². The number of benzene rings is 1. The van der Waals surface area contributed by atoms with Crippen LogP contribution >= 0.6 is 0 Å². The maximum absolute atomic E-state index is 13.4. The Morgan fingerprint density at radius 2 is 2.00 bits per heavy atom. The van der Waals surface area contributed by atoms with E-state index in [-0.39, 0.29) is 18.2 Å². The van der Waals surface area contributed by atoms with Crippen LogP contribution in [0.4, 0.5) is 10.1 Å². The van der Waals surface area contributed by atoms with Crippen LogP contribution in [0, 0.1) is 18.7 Å². The first-order chi connectivity index (χ1) is 10.5. The summed E-state index contributed by atoms with van der Waals surface area (Å²) < 4.78 is 13.4. The van der Waals surface area contributed by atoms with Crippen LogP contribution in [0.3, 0.4) is 0 Å². The van der Waals surface area contributed by atoms with E-state index in [4.69, 9.17) is 0 Å². The predicted octanol–water partition coefficient (Wildman–Crippen LogP) is 1.74. The molecule has 120 valence electrons. The fraction of sp³-hybridized carbons (Fsp3) is 0.500. The van der Waals surface area contributed by atoms with Gasteiger partial charge in [0.1, 0.15) is 5.82 Å². The standard InChI is InChI=1S/C16H21FN2O3/c1-10-6-7-12(8-13(10)17)19-16(22)15(21)18-9-11-4-2-3-5-14(11)20/h6-8,11,14,20H,2-5,9H2,1H3,(H,18,21)(H,19,22)/t11-,14-/m1/s1. The van der Waals surface area contributed by atoms with Gasteiger partial charge in [-0.15, -0.1) is 0 Å². The third kappa shape index (κ3) is 4.27. The second-order valence-corrected chi connectivity index (χ2v) is 5.74. The van der Waals surface area contributed by atoms with E-state index in [1.54, 1.807) is 6.92 Å². The zero-order valence-electron chi connectivity index (χ0n) is 12.6. The molecule has 0 aliphatic heterocycles. The predicted molar refractivity (Wildman–Crippen MR) is 80.7 cm³/mol. The van der Waals surface area contributed by atoms with E-state index >= 15 is 0 Å². The first-order valence-corrected chi connectivity index (χ1v) is 7.51. The van der Waals surface area contributed by atoms with Gasteiger partial charge in [0.2, 0.25) is 0 Å². The maximum atomic E-state index is 13.4. The molecule has 1 aromatic rings. The topological polar surface area (TPSA) is 78.4 Å². The van der Waals surface area contributed by atoms with Crippen molar-refractivity contribution in [3.63, 3.8) is 0 Å². The molecule has 5 nitrogen and oxygen atoms in total. The molecule has 0 bridgehead atoms. The average Bonchev–Trinajstić information content (AvgIpc) is 2.50. The summed E-state index contributed by atoms with van der Waals surface area (Å²) in [5, 5.41) is 14.7. The van der Waals surface area contributed by atoms with Crippen molar-refractivity contribution >= 4 is 17.5 Å². The van der Waals surface area contributed by atoms with Crippen molar-refractivity contribution < 1.29 is 19.1 Å². The van der Waals surface area contributed by atoms with E-state index < -0.39 is 23.7 Å². The van der Waals surface area contributed by atoms with Gasteiger partial charge in [-0.1, -0.05) is 18.9 Å². The molecule has 6 heteroatoms. The van der Waals surface area contributed by atoms with Crippen LogP contribution < -0.4 is 10.6 Å². The van der Waals surface area contributed by atoms with E-state index in [0.717, 1.165) is 25.7 Å². The molecule has 1 fully saturated rings. The van der Waals surface area contributed by atoms with Crippen molar-refractivity contribution in [2.45, 2.75) is 38.7 Å². The molecule has 2 rings (SSSR count). The highest BCUT2D eigenvalue weighted by molar-refractivity contribution is 6.39. The Morgan fingerprint density at radius 3 is 2.68 bits per heavy atom. The summed E-state index contributed by atoms with van der Waals surface area (Å²) in [6.07, 6.45) is 3.15. The van der Waals surface area contributed by atoms with Gasteiger partial charge in [-0.05, 0) is 37.5 Å². The number of aliphatic hydroxyl groups is 1. The summed E-state index contributed by atoms with van der Waals surface area (Å²) >= 11 is 0. The van der Waals surface area contributed by atoms with Crippen molar-refractivity contribution in [2.75, 3.05) is 11.9 Å². The molecule has 2 amide bonds. The van der Waals surface area contributed by atoms with Gasteiger partial charge in [-0.25, -0.2) is 4.39 Å². The number of rotatable bonds is 3. The number of nitrogens with one attached hydrogen (secondary N) is 2. The fourth-order valence-corrected chi connectivity index (χ4v) is 2.59. The summed E-state index contributed by atoms with van der Waals surface area (Å²) in [7, 11) is 0. The molecule has 2 atom stereocenters. The van der Waals surface area contributed by atoms with E-state index in [0.29, 0.717) is 5.56 Å². The lowest BCUT2D eigenvalue weighted by atomic mass is 9.86. The minimum absolute atomic E-state index is 0.0117. The molecular formula is C16H21FN2O3. The summed E-state index contributed by atoms with van der Waals surface area (Å²) in [5.41, 5.74) is 0.703. The van der Waals surface area contributed by atoms with Gasteiger partial charge in [0.25, 0.3) is 0 Å². The van der Waals surface area contributed by atoms with Crippen LogP contribution in [-0.4, -0.2) is 29.6 Å². The molecule has 0 radical (unpaired) electrons. The molecule has 1 aromatic carbocycles. The first kappa shape index (κ1) is 16.4. The average molecular weight is 308 g/mol. The highest BCUT2D eigenvalue weighted by Gasteiger charge is 2.24. The number of aliphatic hydroxyl groups excluding tert-OH is 1. The Hall–Kier alpha value is -1.95. The van der Waals surface area contributed by atoms with Crippen molar-refractivity contribution in [1.82, 2.24) is 5.32 Å². The molecule has 3 N–H and O–H groups in total. The SMILES string of the molecule is Cc1ccc(NC(=O)C(=O)NC[C@H]2CCCC[C@H]2O)cc1F. The minimum atomic E-state index is -0.839. The van der Waals surface area contributed by atoms with Crippen molar-refractivity contribution in [1.29, 1.82) is 0 Å². The van der Waals surface area contributed by atoms with Crippen molar-refractivity contribution in [3.8, 4) is 0 Å². The molecule has 1 aliphatic rings. The van der Waals surface area contributed by atoms with Gasteiger partial charge in [0.05, 0.1) is 6.10 Å². The highest BCUT2D eigenvalue weighted by Crippen LogP contribution is 2.23. The van der Waals surface area contributed by atoms with E-state index in [2.05, 4.69) is 10.6 Å². The quantitative estimate of drug-likeness (QED) is 0.744. The second-order valence-electron chi connectivity index (χ2n) is 5.74. The third-order valence-electron chi connectivity index (χ3n) is 4.03. The van der Waals surface area contributed by atoms with Gasteiger partial charge in [0, 0.05) is 18.2 Å². The van der Waals surface area contributed by atoms with Crippen LogP contribution in [0.5, 0.6) is 0 Å². The number of halogens is 1. The Labute approximate surface area is 128 Å². The van der Waals surface area contributed by atoms with Gasteiger partial charge >= 0.3 is 11.8 Å². The molecule has 0 saturated heterocycles. The molecule has 0 aromatic heterocycles. The summed E-state index contributed by atoms with van der Waals surface area (Å²) in [5.74, 6) is -2.07. The summed E-state index contributed by atoms with van der Waals surface area (Å²) in [6.45, 7) is 1.89. The molecular weight excluding hydrogens is 287 g/mol. The number of hydrogen-bond acceptors (Lipinski definition) is 3. The number of aryl methyl sites for hydroxylation is 1. The van der Waals surface area contributed by atoms with Gasteiger partial charge in [-0.2, -0.15) is 0 Å². The number of carbonyl (C=O) groups excluding carboxylic acids is 2. The molecule has 1 saturated carbocycles. The number of carbonyl (C=O) groups is 2. The zero-order chi connectivity index (χ0) is 16.1. The van der Waals surface area contributed by atoms with Crippen molar-refractivity contribution in [3.05, 3.63) is 29.6 Å². The smallest absolute Gasteiger partial charge is 0.313 e. The van der Waals surface area contributed by atoms with Gasteiger partial charge in [-0.3, -0.25) is 9.59 Å². The minimum Gasteiger partial charge on any atom is -0.393 e. The Balaban J connectivity index is 1.84. The largest absolute Gasteiger partial charge is 0.393 e. The lowest BCUT2D eigenvalue weighted by Gasteiger charge is -2.27. The van der Waals surface area contributed by atoms with Gasteiger partial charge < -0.3 is 15.7 Å². The van der Waals surface area contributed by atoms with Gasteiger partial charge in [0.15, 0.2) is 0 Å². The molecule has 1 aliphatic carbocycles. The zero-order valence-corrected chi connectivity index (χ0v) is 12.6. The van der Waals surface area contributed by atoms with E-state index in [1.165, 1.54) is 18.2 Å². The fourth-order valence-electron chi connectivity index (χ4n) is 2.59. The molecule has 22 heavy (non-hydrogen) atoms. The number of amides is 2. The third-order valence-corrected chi connectivity index (χ3v) is 4.03. The van der Waals surface area contributed by atoms with E-state index in [9.17, 15) is 19.1 Å². The van der Waals surface area contributed by atoms with E-state index in [1.807, 2.05) is 0 Å². The van der Waals surface area contributed by atoms with Crippen LogP contribution in [0.25, 0.3) is 0 Å². The molecule has 0 spiro atoms. The Kier molecular flexibility index (Phi) is 5.49. The lowest BCUT2D eigenvalue weighted by molar-refractivity contribution is -0.136. The number of anilines is 1. The Morgan fingerprint density at radius 1 is 1.27 bits per heavy atom.